The molecule has 1 aromatic carbocycles. The number of rotatable bonds is 3. The van der Waals surface area contributed by atoms with Crippen LogP contribution in [0, 0.1) is 12.8 Å². The number of anilines is 1. The van der Waals surface area contributed by atoms with Crippen molar-refractivity contribution < 1.29 is 4.79 Å². The molecule has 6 heteroatoms. The second-order valence-electron chi connectivity index (χ2n) is 7.07. The zero-order valence-electron chi connectivity index (χ0n) is 14.6. The van der Waals surface area contributed by atoms with E-state index in [0.717, 1.165) is 55.6 Å². The highest BCUT2D eigenvalue weighted by Crippen LogP contribution is 2.28. The van der Waals surface area contributed by atoms with Crippen LogP contribution < -0.4 is 4.90 Å². The molecule has 3 heterocycles. The lowest BCUT2D eigenvalue weighted by Gasteiger charge is -2.33. The Morgan fingerprint density at radius 3 is 2.64 bits per heavy atom. The average Bonchev–Trinajstić information content (AvgIpc) is 3.08. The molecule has 1 fully saturated rings. The molecular formula is C19H24N4OS. The van der Waals surface area contributed by atoms with Gasteiger partial charge in [0.1, 0.15) is 5.01 Å². The number of hydrogen-bond acceptors (Lipinski definition) is 5. The van der Waals surface area contributed by atoms with Crippen molar-refractivity contribution in [1.82, 2.24) is 15.1 Å². The zero-order valence-corrected chi connectivity index (χ0v) is 15.5. The molecule has 0 spiro atoms. The Hall–Kier alpha value is -1.95. The summed E-state index contributed by atoms with van der Waals surface area (Å²) in [6.07, 6.45) is 3.80. The van der Waals surface area contributed by atoms with Crippen LogP contribution in [0.5, 0.6) is 0 Å². The van der Waals surface area contributed by atoms with E-state index in [1.807, 2.05) is 11.8 Å². The number of nitrogens with zero attached hydrogens (tertiary/aromatic N) is 4. The molecule has 2 aromatic rings. The van der Waals surface area contributed by atoms with Gasteiger partial charge in [0.15, 0.2) is 0 Å². The summed E-state index contributed by atoms with van der Waals surface area (Å²) in [5, 5.41) is 10.4. The standard InChI is InChI=1S/C19H24N4OS/c1-14-20-21-19(25-14)22-9-6-15(7-10-22)12-18(24)23-11-8-16-4-2-3-5-17(16)13-23/h2-5,15H,6-13H2,1H3. The van der Waals surface area contributed by atoms with Gasteiger partial charge in [-0.2, -0.15) is 0 Å². The van der Waals surface area contributed by atoms with E-state index in [-0.39, 0.29) is 0 Å². The van der Waals surface area contributed by atoms with Crippen molar-refractivity contribution in [2.45, 2.75) is 39.2 Å². The Labute approximate surface area is 152 Å². The van der Waals surface area contributed by atoms with Crippen molar-refractivity contribution >= 4 is 22.4 Å². The molecule has 0 N–H and O–H groups in total. The molecule has 2 aliphatic heterocycles. The minimum atomic E-state index is 0.319. The summed E-state index contributed by atoms with van der Waals surface area (Å²) >= 11 is 1.65. The summed E-state index contributed by atoms with van der Waals surface area (Å²) in [5.41, 5.74) is 2.70. The maximum Gasteiger partial charge on any atom is 0.223 e. The van der Waals surface area contributed by atoms with Crippen molar-refractivity contribution in [1.29, 1.82) is 0 Å². The number of aryl methyl sites for hydroxylation is 1. The van der Waals surface area contributed by atoms with E-state index >= 15 is 0 Å². The summed E-state index contributed by atoms with van der Waals surface area (Å²) in [4.78, 5) is 17.1. The largest absolute Gasteiger partial charge is 0.347 e. The first-order chi connectivity index (χ1) is 12.2. The molecule has 4 rings (SSSR count). The van der Waals surface area contributed by atoms with Crippen LogP contribution in [0.15, 0.2) is 24.3 Å². The SMILES string of the molecule is Cc1nnc(N2CCC(CC(=O)N3CCc4ccccc4C3)CC2)s1. The lowest BCUT2D eigenvalue weighted by molar-refractivity contribution is -0.133. The first kappa shape index (κ1) is 16.5. The minimum Gasteiger partial charge on any atom is -0.347 e. The van der Waals surface area contributed by atoms with E-state index in [2.05, 4.69) is 39.4 Å². The maximum atomic E-state index is 12.7. The number of aromatic nitrogens is 2. The maximum absolute atomic E-state index is 12.7. The molecule has 25 heavy (non-hydrogen) atoms. The van der Waals surface area contributed by atoms with E-state index in [4.69, 9.17) is 0 Å². The smallest absolute Gasteiger partial charge is 0.223 e. The highest BCUT2D eigenvalue weighted by atomic mass is 32.1. The lowest BCUT2D eigenvalue weighted by Crippen LogP contribution is -2.39. The van der Waals surface area contributed by atoms with E-state index in [1.54, 1.807) is 11.3 Å². The normalized spacial score (nSPS) is 18.3. The monoisotopic (exact) mass is 356 g/mol. The van der Waals surface area contributed by atoms with Gasteiger partial charge in [-0.1, -0.05) is 35.6 Å². The molecule has 5 nitrogen and oxygen atoms in total. The second kappa shape index (κ2) is 7.12. The van der Waals surface area contributed by atoms with Crippen LogP contribution in [-0.2, 0) is 17.8 Å². The third-order valence-electron chi connectivity index (χ3n) is 5.35. The Morgan fingerprint density at radius 2 is 1.92 bits per heavy atom. The predicted molar refractivity (Wildman–Crippen MR) is 99.8 cm³/mol. The molecule has 0 saturated carbocycles. The summed E-state index contributed by atoms with van der Waals surface area (Å²) in [6, 6.07) is 8.49. The van der Waals surface area contributed by atoms with Crippen molar-refractivity contribution in [3.8, 4) is 0 Å². The molecule has 1 saturated heterocycles. The number of amides is 1. The fourth-order valence-corrected chi connectivity index (χ4v) is 4.57. The van der Waals surface area contributed by atoms with Gasteiger partial charge in [-0.25, -0.2) is 0 Å². The summed E-state index contributed by atoms with van der Waals surface area (Å²) in [6.45, 7) is 5.59. The van der Waals surface area contributed by atoms with Crippen molar-refractivity contribution in [3.05, 3.63) is 40.4 Å². The summed E-state index contributed by atoms with van der Waals surface area (Å²) in [7, 11) is 0. The van der Waals surface area contributed by atoms with Gasteiger partial charge < -0.3 is 9.80 Å². The van der Waals surface area contributed by atoms with E-state index < -0.39 is 0 Å². The van der Waals surface area contributed by atoms with E-state index in [0.29, 0.717) is 18.2 Å². The molecule has 0 unspecified atom stereocenters. The summed E-state index contributed by atoms with van der Waals surface area (Å²) in [5.74, 6) is 0.814. The van der Waals surface area contributed by atoms with Crippen molar-refractivity contribution in [2.24, 2.45) is 5.92 Å². The molecular weight excluding hydrogens is 332 g/mol. The average molecular weight is 356 g/mol. The van der Waals surface area contributed by atoms with Crippen LogP contribution in [0.2, 0.25) is 0 Å². The minimum absolute atomic E-state index is 0.319. The van der Waals surface area contributed by atoms with Crippen molar-refractivity contribution in [2.75, 3.05) is 24.5 Å². The number of hydrogen-bond donors (Lipinski definition) is 0. The quantitative estimate of drug-likeness (QED) is 0.848. The second-order valence-corrected chi connectivity index (χ2v) is 8.23. The van der Waals surface area contributed by atoms with Crippen LogP contribution in [-0.4, -0.2) is 40.6 Å². The van der Waals surface area contributed by atoms with Gasteiger partial charge in [-0.3, -0.25) is 4.79 Å². The van der Waals surface area contributed by atoms with Crippen LogP contribution in [0.25, 0.3) is 0 Å². The number of fused-ring (bicyclic) bond motifs is 1. The van der Waals surface area contributed by atoms with E-state index in [9.17, 15) is 4.79 Å². The topological polar surface area (TPSA) is 49.3 Å². The highest BCUT2D eigenvalue weighted by molar-refractivity contribution is 7.15. The Balaban J connectivity index is 1.29. The van der Waals surface area contributed by atoms with Crippen LogP contribution in [0.3, 0.4) is 0 Å². The fraction of sp³-hybridized carbons (Fsp3) is 0.526. The van der Waals surface area contributed by atoms with Gasteiger partial charge in [0.05, 0.1) is 0 Å². The Bertz CT molecular complexity index is 751. The van der Waals surface area contributed by atoms with Crippen LogP contribution >= 0.6 is 11.3 Å². The third-order valence-corrected chi connectivity index (χ3v) is 6.25. The Morgan fingerprint density at radius 1 is 1.16 bits per heavy atom. The molecule has 0 atom stereocenters. The predicted octanol–water partition coefficient (Wildman–Crippen LogP) is 3.04. The first-order valence-corrected chi connectivity index (χ1v) is 9.90. The third kappa shape index (κ3) is 3.68. The molecule has 1 aromatic heterocycles. The van der Waals surface area contributed by atoms with Gasteiger partial charge in [0.2, 0.25) is 11.0 Å². The van der Waals surface area contributed by atoms with Crippen molar-refractivity contribution in [3.63, 3.8) is 0 Å². The highest BCUT2D eigenvalue weighted by Gasteiger charge is 2.26. The van der Waals surface area contributed by atoms with Crippen LogP contribution in [0.1, 0.15) is 35.4 Å². The number of piperidine rings is 1. The number of carbonyl (C=O) groups excluding carboxylic acids is 1. The molecule has 132 valence electrons. The number of carbonyl (C=O) groups is 1. The molecule has 0 aliphatic carbocycles. The fourth-order valence-electron chi connectivity index (χ4n) is 3.83. The lowest BCUT2D eigenvalue weighted by atomic mass is 9.92. The van der Waals surface area contributed by atoms with E-state index in [1.165, 1.54) is 11.1 Å². The summed E-state index contributed by atoms with van der Waals surface area (Å²) < 4.78 is 0. The van der Waals surface area contributed by atoms with Gasteiger partial charge in [0, 0.05) is 32.6 Å². The Kier molecular flexibility index (Phi) is 4.70. The van der Waals surface area contributed by atoms with Gasteiger partial charge in [-0.15, -0.1) is 10.2 Å². The molecule has 0 bridgehead atoms. The molecule has 0 radical (unpaired) electrons. The number of benzene rings is 1. The molecule has 2 aliphatic rings. The van der Waals surface area contributed by atoms with Gasteiger partial charge in [0.25, 0.3) is 0 Å². The first-order valence-electron chi connectivity index (χ1n) is 9.08. The molecule has 1 amide bonds. The van der Waals surface area contributed by atoms with Crippen LogP contribution in [0.4, 0.5) is 5.13 Å². The zero-order chi connectivity index (χ0) is 17.2. The van der Waals surface area contributed by atoms with Gasteiger partial charge >= 0.3 is 0 Å². The van der Waals surface area contributed by atoms with Gasteiger partial charge in [-0.05, 0) is 43.2 Å².